The standard InChI is InChI=1S/C33H49N9O3/c1-6-27-32(44)39(4)28-20-34-33(37-30(28)42(27)38(2)3)36-26-14-9-23(19-29(26)45-5)31(43)35-24-10-12-25(13-11-24)41-17-15-40(16-18-41)21-22-7-8-22/h9,14,19-20,22,24-25,27H,6-8,10-13,15-18,21H2,1-5H3,(H,35,43)(H,34,36,37)/t24-,25-,27-/m1/s1. The summed E-state index contributed by atoms with van der Waals surface area (Å²) in [6.07, 6.45) is 9.43. The molecular weight excluding hydrogens is 570 g/mol. The van der Waals surface area contributed by atoms with Crippen molar-refractivity contribution in [1.82, 2.24) is 30.1 Å². The van der Waals surface area contributed by atoms with Gasteiger partial charge >= 0.3 is 0 Å². The Hall–Kier alpha value is -3.48. The van der Waals surface area contributed by atoms with Crippen LogP contribution < -0.4 is 25.3 Å². The quantitative estimate of drug-likeness (QED) is 0.411. The van der Waals surface area contributed by atoms with Gasteiger partial charge in [-0.1, -0.05) is 6.92 Å². The normalized spacial score (nSPS) is 24.5. The maximum atomic E-state index is 13.3. The van der Waals surface area contributed by atoms with Crippen LogP contribution >= 0.6 is 0 Å². The molecule has 2 saturated carbocycles. The highest BCUT2D eigenvalue weighted by molar-refractivity contribution is 6.04. The second-order valence-electron chi connectivity index (χ2n) is 13.2. The number of fused-ring (bicyclic) bond motifs is 1. The number of methoxy groups -OCH3 is 1. The van der Waals surface area contributed by atoms with Crippen LogP contribution in [0, 0.1) is 5.92 Å². The van der Waals surface area contributed by atoms with Crippen molar-refractivity contribution in [1.29, 1.82) is 0 Å². The van der Waals surface area contributed by atoms with Crippen molar-refractivity contribution in [2.75, 3.05) is 76.2 Å². The Morgan fingerprint density at radius 1 is 1.07 bits per heavy atom. The van der Waals surface area contributed by atoms with Gasteiger partial charge in [0.1, 0.15) is 17.5 Å². The molecule has 2 N–H and O–H groups in total. The number of nitrogens with zero attached hydrogens (tertiary/aromatic N) is 7. The molecule has 0 unspecified atom stereocenters. The smallest absolute Gasteiger partial charge is 0.251 e. The van der Waals surface area contributed by atoms with Gasteiger partial charge in [0.25, 0.3) is 11.8 Å². The van der Waals surface area contributed by atoms with Crippen LogP contribution in [0.5, 0.6) is 5.75 Å². The van der Waals surface area contributed by atoms with Crippen LogP contribution in [0.3, 0.4) is 0 Å². The molecule has 2 aliphatic heterocycles. The van der Waals surface area contributed by atoms with Crippen molar-refractivity contribution in [2.24, 2.45) is 5.92 Å². The zero-order valence-electron chi connectivity index (χ0n) is 27.5. The maximum absolute atomic E-state index is 13.3. The van der Waals surface area contributed by atoms with E-state index in [1.165, 1.54) is 45.6 Å². The summed E-state index contributed by atoms with van der Waals surface area (Å²) in [6.45, 7) is 8.04. The van der Waals surface area contributed by atoms with Gasteiger partial charge < -0.3 is 25.2 Å². The van der Waals surface area contributed by atoms with E-state index in [0.717, 1.165) is 31.6 Å². The zero-order valence-corrected chi connectivity index (χ0v) is 27.5. The highest BCUT2D eigenvalue weighted by Crippen LogP contribution is 2.37. The molecule has 244 valence electrons. The van der Waals surface area contributed by atoms with Crippen LogP contribution in [0.15, 0.2) is 24.4 Å². The fraction of sp³-hybridized carbons (Fsp3) is 0.636. The monoisotopic (exact) mass is 619 g/mol. The highest BCUT2D eigenvalue weighted by atomic mass is 16.5. The molecule has 1 aromatic carbocycles. The molecule has 12 nitrogen and oxygen atoms in total. The van der Waals surface area contributed by atoms with Gasteiger partial charge in [0.05, 0.1) is 19.0 Å². The number of benzene rings is 1. The zero-order chi connectivity index (χ0) is 31.7. The molecule has 2 amide bonds. The Bertz CT molecular complexity index is 1370. The highest BCUT2D eigenvalue weighted by Gasteiger charge is 2.38. The van der Waals surface area contributed by atoms with Crippen LogP contribution in [-0.2, 0) is 4.79 Å². The average molecular weight is 620 g/mol. The minimum absolute atomic E-state index is 0.00374. The molecule has 1 saturated heterocycles. The number of carbonyl (C=O) groups excluding carboxylic acids is 2. The molecular formula is C33H49N9O3. The average Bonchev–Trinajstić information content (AvgIpc) is 3.87. The van der Waals surface area contributed by atoms with E-state index in [1.807, 2.05) is 37.1 Å². The van der Waals surface area contributed by atoms with Crippen molar-refractivity contribution >= 4 is 35.0 Å². The molecule has 0 spiro atoms. The van der Waals surface area contributed by atoms with Gasteiger partial charge in [0.2, 0.25) is 5.95 Å². The summed E-state index contributed by atoms with van der Waals surface area (Å²) in [7, 11) is 7.14. The number of amides is 2. The van der Waals surface area contributed by atoms with Crippen LogP contribution in [0.4, 0.5) is 23.1 Å². The molecule has 4 aliphatic rings. The molecule has 3 heterocycles. The van der Waals surface area contributed by atoms with E-state index in [0.29, 0.717) is 46.9 Å². The molecule has 1 aromatic heterocycles. The third kappa shape index (κ3) is 6.87. The van der Waals surface area contributed by atoms with E-state index >= 15 is 0 Å². The Labute approximate surface area is 267 Å². The van der Waals surface area contributed by atoms with Crippen LogP contribution in [0.25, 0.3) is 0 Å². The summed E-state index contributed by atoms with van der Waals surface area (Å²) < 4.78 is 5.67. The number of ether oxygens (including phenoxy) is 1. The van der Waals surface area contributed by atoms with Crippen molar-refractivity contribution in [3.63, 3.8) is 0 Å². The topological polar surface area (TPSA) is 109 Å². The van der Waals surface area contributed by atoms with Crippen molar-refractivity contribution in [2.45, 2.75) is 70.0 Å². The lowest BCUT2D eigenvalue weighted by Crippen LogP contribution is -2.57. The first-order valence-electron chi connectivity index (χ1n) is 16.6. The van der Waals surface area contributed by atoms with Gasteiger partial charge in [-0.15, -0.1) is 0 Å². The minimum Gasteiger partial charge on any atom is -0.495 e. The predicted octanol–water partition coefficient (Wildman–Crippen LogP) is 3.34. The molecule has 2 aliphatic carbocycles. The van der Waals surface area contributed by atoms with E-state index in [9.17, 15) is 9.59 Å². The fourth-order valence-corrected chi connectivity index (χ4v) is 7.13. The van der Waals surface area contributed by atoms with E-state index in [2.05, 4.69) is 25.4 Å². The first-order valence-corrected chi connectivity index (χ1v) is 16.6. The fourth-order valence-electron chi connectivity index (χ4n) is 7.13. The molecule has 3 fully saturated rings. The van der Waals surface area contributed by atoms with Gasteiger partial charge in [-0.05, 0) is 69.1 Å². The molecule has 0 radical (unpaired) electrons. The number of carbonyl (C=O) groups is 2. The number of anilines is 4. The SMILES string of the molecule is CC[C@@H]1C(=O)N(C)c2cnc(Nc3ccc(C(=O)N[C@H]4CC[C@H](N5CCN(CC6CC6)CC5)CC4)cc3OC)nc2N1N(C)C. The van der Waals surface area contributed by atoms with Crippen molar-refractivity contribution in [3.05, 3.63) is 30.0 Å². The van der Waals surface area contributed by atoms with E-state index in [1.54, 1.807) is 37.4 Å². The van der Waals surface area contributed by atoms with Gasteiger partial charge in [-0.25, -0.2) is 9.99 Å². The summed E-state index contributed by atoms with van der Waals surface area (Å²) in [4.78, 5) is 42.4. The van der Waals surface area contributed by atoms with E-state index in [4.69, 9.17) is 9.72 Å². The van der Waals surface area contributed by atoms with Crippen molar-refractivity contribution in [3.8, 4) is 5.75 Å². The number of hydrazine groups is 1. The largest absolute Gasteiger partial charge is 0.495 e. The Morgan fingerprint density at radius 3 is 2.44 bits per heavy atom. The maximum Gasteiger partial charge on any atom is 0.251 e. The molecule has 12 heteroatoms. The summed E-state index contributed by atoms with van der Waals surface area (Å²) >= 11 is 0. The summed E-state index contributed by atoms with van der Waals surface area (Å²) in [5, 5.41) is 10.3. The number of likely N-dealkylation sites (N-methyl/N-ethyl adjacent to an activating group) is 1. The minimum atomic E-state index is -0.352. The number of aromatic nitrogens is 2. The van der Waals surface area contributed by atoms with Gasteiger partial charge in [-0.3, -0.25) is 19.5 Å². The third-order valence-electron chi connectivity index (χ3n) is 9.94. The molecule has 45 heavy (non-hydrogen) atoms. The molecule has 0 bridgehead atoms. The number of rotatable bonds is 10. The van der Waals surface area contributed by atoms with Gasteiger partial charge in [-0.2, -0.15) is 4.98 Å². The van der Waals surface area contributed by atoms with Crippen LogP contribution in [0.2, 0.25) is 0 Å². The summed E-state index contributed by atoms with van der Waals surface area (Å²) in [5.41, 5.74) is 1.85. The lowest BCUT2D eigenvalue weighted by atomic mass is 9.89. The van der Waals surface area contributed by atoms with Crippen LogP contribution in [0.1, 0.15) is 62.2 Å². The van der Waals surface area contributed by atoms with Crippen LogP contribution in [-0.4, -0.2) is 116 Å². The first kappa shape index (κ1) is 31.5. The number of piperazine rings is 1. The summed E-state index contributed by atoms with van der Waals surface area (Å²) in [5.74, 6) is 2.43. The molecule has 6 rings (SSSR count). The van der Waals surface area contributed by atoms with E-state index < -0.39 is 0 Å². The van der Waals surface area contributed by atoms with E-state index in [-0.39, 0.29) is 23.9 Å². The number of hydrogen-bond acceptors (Lipinski definition) is 10. The van der Waals surface area contributed by atoms with Crippen molar-refractivity contribution < 1.29 is 14.3 Å². The summed E-state index contributed by atoms with van der Waals surface area (Å²) in [6, 6.07) is 5.86. The number of hydrogen-bond donors (Lipinski definition) is 2. The second kappa shape index (κ2) is 13.5. The molecule has 1 atom stereocenters. The van der Waals surface area contributed by atoms with Gasteiger partial charge in [0.15, 0.2) is 5.82 Å². The predicted molar refractivity (Wildman–Crippen MR) is 176 cm³/mol. The lowest BCUT2D eigenvalue weighted by molar-refractivity contribution is -0.120. The second-order valence-corrected chi connectivity index (χ2v) is 13.2. The lowest BCUT2D eigenvalue weighted by Gasteiger charge is -2.43. The van der Waals surface area contributed by atoms with Gasteiger partial charge in [0, 0.05) is 71.5 Å². The molecule has 2 aromatic rings. The Balaban J connectivity index is 1.06. The third-order valence-corrected chi connectivity index (χ3v) is 9.94. The Morgan fingerprint density at radius 2 is 1.80 bits per heavy atom. The Kier molecular flexibility index (Phi) is 9.44. The first-order chi connectivity index (χ1) is 21.7. The number of nitrogens with one attached hydrogen (secondary N) is 2.